The number of hydrogen-bond acceptors (Lipinski definition) is 9. The Bertz CT molecular complexity index is 1420. The molecule has 0 saturated carbocycles. The van der Waals surface area contributed by atoms with Crippen LogP contribution in [0.5, 0.6) is 0 Å². The van der Waals surface area contributed by atoms with Crippen molar-refractivity contribution in [3.63, 3.8) is 0 Å². The van der Waals surface area contributed by atoms with Gasteiger partial charge in [0.15, 0.2) is 21.5 Å². The fraction of sp³-hybridized carbons (Fsp3) is 0.538. The van der Waals surface area contributed by atoms with E-state index in [0.29, 0.717) is 28.8 Å². The van der Waals surface area contributed by atoms with Crippen molar-refractivity contribution in [3.05, 3.63) is 41.9 Å². The Balaban J connectivity index is 1.40. The van der Waals surface area contributed by atoms with Crippen LogP contribution in [0, 0.1) is 17.0 Å². The Morgan fingerprint density at radius 2 is 1.74 bits per heavy atom. The Labute approximate surface area is 221 Å². The molecule has 2 aromatic heterocycles. The summed E-state index contributed by atoms with van der Waals surface area (Å²) in [5.41, 5.74) is 0.557. The van der Waals surface area contributed by atoms with Crippen molar-refractivity contribution >= 4 is 38.3 Å². The first-order valence-electron chi connectivity index (χ1n) is 13.0. The minimum atomic E-state index is -3.52. The number of halogens is 2. The molecule has 204 valence electrons. The maximum Gasteiger partial charge on any atom is 0.226 e. The zero-order valence-corrected chi connectivity index (χ0v) is 22.6. The molecule has 4 heterocycles. The van der Waals surface area contributed by atoms with Gasteiger partial charge in [0, 0.05) is 18.7 Å². The first-order chi connectivity index (χ1) is 18.2. The molecule has 0 radical (unpaired) electrons. The number of sulfone groups is 1. The topological polar surface area (TPSA) is 104 Å². The van der Waals surface area contributed by atoms with Crippen molar-refractivity contribution in [3.8, 4) is 0 Å². The summed E-state index contributed by atoms with van der Waals surface area (Å²) < 4.78 is 54.5. The lowest BCUT2D eigenvalue weighted by Crippen LogP contribution is -2.46. The molecule has 2 aliphatic heterocycles. The number of likely N-dealkylation sites (tertiary alicyclic amines) is 1. The Morgan fingerprint density at radius 1 is 1.03 bits per heavy atom. The van der Waals surface area contributed by atoms with Gasteiger partial charge in [-0.3, -0.25) is 0 Å². The van der Waals surface area contributed by atoms with Gasteiger partial charge in [-0.1, -0.05) is 13.0 Å². The van der Waals surface area contributed by atoms with Crippen LogP contribution >= 0.6 is 0 Å². The van der Waals surface area contributed by atoms with Gasteiger partial charge in [0.1, 0.15) is 28.9 Å². The second-order valence-corrected chi connectivity index (χ2v) is 12.7. The number of anilines is 3. The molecule has 2 saturated heterocycles. The summed E-state index contributed by atoms with van der Waals surface area (Å²) in [6, 6.07) is 2.22. The third-order valence-electron chi connectivity index (χ3n) is 7.82. The molecule has 0 unspecified atom stereocenters. The lowest BCUT2D eigenvalue weighted by atomic mass is 9.71. The molecule has 9 nitrogen and oxygen atoms in total. The average Bonchev–Trinajstić information content (AvgIpc) is 2.90. The van der Waals surface area contributed by atoms with Crippen molar-refractivity contribution in [2.45, 2.75) is 44.8 Å². The van der Waals surface area contributed by atoms with Gasteiger partial charge in [0.25, 0.3) is 0 Å². The molecular weight excluding hydrogens is 512 g/mol. The SMILES string of the molecule is CCCS(=O)(=O)Cc1ccc(F)c(Nc2ncnc3cnc(N4CCC5(CCN(C)CC5)CC4)nc23)c1F. The zero-order chi connectivity index (χ0) is 26.9. The van der Waals surface area contributed by atoms with Crippen LogP contribution in [0.4, 0.5) is 26.2 Å². The largest absolute Gasteiger partial charge is 0.341 e. The molecule has 3 aromatic rings. The maximum atomic E-state index is 15.3. The summed E-state index contributed by atoms with van der Waals surface area (Å²) in [7, 11) is -1.35. The molecular formula is C26H33F2N7O2S. The van der Waals surface area contributed by atoms with E-state index in [2.05, 4.69) is 42.1 Å². The van der Waals surface area contributed by atoms with Gasteiger partial charge in [0.05, 0.1) is 17.7 Å². The van der Waals surface area contributed by atoms with E-state index in [1.54, 1.807) is 13.1 Å². The van der Waals surface area contributed by atoms with Crippen LogP contribution in [0.15, 0.2) is 24.7 Å². The van der Waals surface area contributed by atoms with Crippen LogP contribution in [-0.4, -0.2) is 72.2 Å². The maximum absolute atomic E-state index is 15.3. The average molecular weight is 546 g/mol. The number of piperidine rings is 2. The number of nitrogens with one attached hydrogen (secondary N) is 1. The quantitative estimate of drug-likeness (QED) is 0.470. The van der Waals surface area contributed by atoms with Gasteiger partial charge < -0.3 is 15.1 Å². The Hall–Kier alpha value is -2.99. The Morgan fingerprint density at radius 3 is 2.45 bits per heavy atom. The molecule has 0 aliphatic carbocycles. The number of benzene rings is 1. The predicted octanol–water partition coefficient (Wildman–Crippen LogP) is 4.08. The van der Waals surface area contributed by atoms with Gasteiger partial charge in [-0.25, -0.2) is 37.1 Å². The predicted molar refractivity (Wildman–Crippen MR) is 143 cm³/mol. The van der Waals surface area contributed by atoms with Crippen molar-refractivity contribution in [2.24, 2.45) is 5.41 Å². The van der Waals surface area contributed by atoms with Crippen LogP contribution in [0.1, 0.15) is 44.6 Å². The molecule has 0 amide bonds. The number of rotatable bonds is 7. The highest BCUT2D eigenvalue weighted by atomic mass is 32.2. The van der Waals surface area contributed by atoms with Crippen molar-refractivity contribution in [1.29, 1.82) is 0 Å². The second kappa shape index (κ2) is 10.6. The van der Waals surface area contributed by atoms with Crippen molar-refractivity contribution in [2.75, 3.05) is 49.2 Å². The first kappa shape index (κ1) is 26.6. The number of fused-ring (bicyclic) bond motifs is 1. The summed E-state index contributed by atoms with van der Waals surface area (Å²) in [5, 5.41) is 2.71. The van der Waals surface area contributed by atoms with E-state index in [1.165, 1.54) is 19.2 Å². The fourth-order valence-electron chi connectivity index (χ4n) is 5.42. The molecule has 1 aromatic carbocycles. The van der Waals surface area contributed by atoms with Crippen LogP contribution in [-0.2, 0) is 15.6 Å². The normalized spacial score (nSPS) is 18.3. The molecule has 1 spiro atoms. The highest BCUT2D eigenvalue weighted by Crippen LogP contribution is 2.41. The molecule has 1 N–H and O–H groups in total. The van der Waals surface area contributed by atoms with E-state index in [4.69, 9.17) is 0 Å². The highest BCUT2D eigenvalue weighted by molar-refractivity contribution is 7.90. The molecule has 0 atom stereocenters. The second-order valence-electron chi connectivity index (χ2n) is 10.5. The standard InChI is InChI=1S/C26H33F2N7O2S/c1-3-14-38(36,37)16-18-4-5-19(27)22(21(18)28)32-24-23-20(30-17-31-24)15-29-25(33-23)35-12-8-26(9-13-35)6-10-34(2)11-7-26/h4-5,15,17H,3,6-14,16H2,1-2H3,(H,30,31,32). The van der Waals surface area contributed by atoms with Gasteiger partial charge in [-0.15, -0.1) is 0 Å². The zero-order valence-electron chi connectivity index (χ0n) is 21.8. The third kappa shape index (κ3) is 5.56. The smallest absolute Gasteiger partial charge is 0.226 e. The van der Waals surface area contributed by atoms with E-state index in [1.807, 2.05) is 0 Å². The van der Waals surface area contributed by atoms with Crippen LogP contribution < -0.4 is 10.2 Å². The summed E-state index contributed by atoms with van der Waals surface area (Å²) in [6.45, 7) is 5.65. The molecule has 2 aliphatic rings. The van der Waals surface area contributed by atoms with Gasteiger partial charge in [-0.2, -0.15) is 0 Å². The van der Waals surface area contributed by atoms with Crippen molar-refractivity contribution in [1.82, 2.24) is 24.8 Å². The van der Waals surface area contributed by atoms with Crippen molar-refractivity contribution < 1.29 is 17.2 Å². The summed E-state index contributed by atoms with van der Waals surface area (Å²) >= 11 is 0. The van der Waals surface area contributed by atoms with Crippen LogP contribution in [0.2, 0.25) is 0 Å². The summed E-state index contributed by atoms with van der Waals surface area (Å²) in [5.74, 6) is -1.76. The minimum Gasteiger partial charge on any atom is -0.341 e. The van der Waals surface area contributed by atoms with Gasteiger partial charge >= 0.3 is 0 Å². The molecule has 0 bridgehead atoms. The lowest BCUT2D eigenvalue weighted by Gasteiger charge is -2.46. The first-order valence-corrected chi connectivity index (χ1v) is 14.9. The van der Waals surface area contributed by atoms with E-state index in [-0.39, 0.29) is 17.1 Å². The minimum absolute atomic E-state index is 0.0719. The van der Waals surface area contributed by atoms with Crippen LogP contribution in [0.3, 0.4) is 0 Å². The number of aromatic nitrogens is 4. The van der Waals surface area contributed by atoms with E-state index >= 15 is 4.39 Å². The van der Waals surface area contributed by atoms with Gasteiger partial charge in [0.2, 0.25) is 5.95 Å². The van der Waals surface area contributed by atoms with Gasteiger partial charge in [-0.05, 0) is 63.7 Å². The van der Waals surface area contributed by atoms with Crippen LogP contribution in [0.25, 0.3) is 11.0 Å². The number of nitrogens with zero attached hydrogens (tertiary/aromatic N) is 6. The molecule has 2 fully saturated rings. The lowest BCUT2D eigenvalue weighted by molar-refractivity contribution is 0.0941. The summed E-state index contributed by atoms with van der Waals surface area (Å²) in [4.78, 5) is 22.1. The fourth-order valence-corrected chi connectivity index (χ4v) is 6.89. The monoisotopic (exact) mass is 545 g/mol. The Kier molecular flexibility index (Phi) is 7.45. The molecule has 12 heteroatoms. The highest BCUT2D eigenvalue weighted by Gasteiger charge is 2.37. The van der Waals surface area contributed by atoms with E-state index in [0.717, 1.165) is 51.2 Å². The van der Waals surface area contributed by atoms with E-state index in [9.17, 15) is 12.8 Å². The molecule has 38 heavy (non-hydrogen) atoms. The third-order valence-corrected chi connectivity index (χ3v) is 9.61. The van der Waals surface area contributed by atoms with E-state index < -0.39 is 32.9 Å². The summed E-state index contributed by atoms with van der Waals surface area (Å²) in [6.07, 6.45) is 7.82. The number of hydrogen-bond donors (Lipinski definition) is 1. The molecule has 5 rings (SSSR count).